The van der Waals surface area contributed by atoms with Gasteiger partial charge in [0.05, 0.1) is 18.3 Å². The Bertz CT molecular complexity index is 2210. The standard InChI is InChI=1S/C40H41FN4O5/c1-22-31-11-10-27(38(47)43-20-29(41)17-30(21-43)45(39(48)49)40(2,3)4)16-35(31)50-36(22)34-15-26-8-7-25(14-33(26)44(34)19-23-5-6-23)24-9-12-32-28(13-24)18-42-37(32)46/h7-16,23,29-30H,5-6,17-21H2,1-4H3,(H,42,46)(H,48,49)/t29-,30-/m1/s1. The van der Waals surface area contributed by atoms with Crippen LogP contribution >= 0.6 is 0 Å². The maximum absolute atomic E-state index is 15.0. The highest BCUT2D eigenvalue weighted by Crippen LogP contribution is 2.41. The summed E-state index contributed by atoms with van der Waals surface area (Å²) in [5, 5.41) is 14.8. The van der Waals surface area contributed by atoms with Gasteiger partial charge < -0.3 is 24.3 Å². The van der Waals surface area contributed by atoms with Crippen molar-refractivity contribution >= 4 is 39.8 Å². The highest BCUT2D eigenvalue weighted by Gasteiger charge is 2.40. The Morgan fingerprint density at radius 1 is 1.02 bits per heavy atom. The van der Waals surface area contributed by atoms with Crippen LogP contribution in [-0.2, 0) is 13.1 Å². The van der Waals surface area contributed by atoms with Gasteiger partial charge in [-0.2, -0.15) is 0 Å². The third-order valence-electron chi connectivity index (χ3n) is 10.5. The normalized spacial score (nSPS) is 19.2. The summed E-state index contributed by atoms with van der Waals surface area (Å²) in [6, 6.07) is 19.4. The summed E-state index contributed by atoms with van der Waals surface area (Å²) in [6.07, 6.45) is -0.0350. The van der Waals surface area contributed by atoms with Crippen molar-refractivity contribution in [3.63, 3.8) is 0 Å². The van der Waals surface area contributed by atoms with Crippen LogP contribution in [0.25, 0.3) is 44.5 Å². The third kappa shape index (κ3) is 5.60. The van der Waals surface area contributed by atoms with Crippen LogP contribution < -0.4 is 5.32 Å². The molecule has 3 aliphatic rings. The number of likely N-dealkylation sites (tertiary alicyclic amines) is 1. The van der Waals surface area contributed by atoms with Crippen LogP contribution in [-0.4, -0.2) is 68.2 Å². The van der Waals surface area contributed by atoms with E-state index in [2.05, 4.69) is 40.2 Å². The molecular weight excluding hydrogens is 635 g/mol. The molecule has 0 spiro atoms. The fraction of sp³-hybridized carbons (Fsp3) is 0.375. The molecule has 9 nitrogen and oxygen atoms in total. The molecule has 0 bridgehead atoms. The van der Waals surface area contributed by atoms with Crippen molar-refractivity contribution in [3.05, 3.63) is 82.9 Å². The van der Waals surface area contributed by atoms with Gasteiger partial charge in [0.1, 0.15) is 11.8 Å². The molecule has 1 aliphatic carbocycles. The number of aromatic nitrogens is 1. The summed E-state index contributed by atoms with van der Waals surface area (Å²) in [7, 11) is 0. The number of hydrogen-bond donors (Lipinski definition) is 2. The van der Waals surface area contributed by atoms with E-state index in [1.54, 1.807) is 32.9 Å². The smallest absolute Gasteiger partial charge is 0.408 e. The second-order valence-corrected chi connectivity index (χ2v) is 15.2. The van der Waals surface area contributed by atoms with Gasteiger partial charge in [-0.15, -0.1) is 0 Å². The van der Waals surface area contributed by atoms with Gasteiger partial charge >= 0.3 is 6.09 Å². The zero-order valence-corrected chi connectivity index (χ0v) is 28.8. The largest absolute Gasteiger partial charge is 0.465 e. The number of hydrogen-bond acceptors (Lipinski definition) is 4. The molecule has 5 aromatic rings. The molecule has 2 N–H and O–H groups in total. The van der Waals surface area contributed by atoms with Gasteiger partial charge in [0.25, 0.3) is 11.8 Å². The maximum atomic E-state index is 15.0. The molecule has 3 aromatic carbocycles. The number of carbonyl (C=O) groups excluding carboxylic acids is 2. The average molecular weight is 677 g/mol. The number of piperidine rings is 1. The number of aryl methyl sites for hydroxylation is 1. The molecular formula is C40H41FN4O5. The van der Waals surface area contributed by atoms with E-state index in [4.69, 9.17) is 4.42 Å². The van der Waals surface area contributed by atoms with Crippen molar-refractivity contribution in [2.24, 2.45) is 5.92 Å². The molecule has 10 heteroatoms. The van der Waals surface area contributed by atoms with Crippen LogP contribution in [0, 0.1) is 12.8 Å². The van der Waals surface area contributed by atoms with Crippen molar-refractivity contribution < 1.29 is 28.3 Å². The van der Waals surface area contributed by atoms with E-state index >= 15 is 4.39 Å². The fourth-order valence-electron chi connectivity index (χ4n) is 7.93. The topological polar surface area (TPSA) is 108 Å². The van der Waals surface area contributed by atoms with E-state index in [0.29, 0.717) is 23.6 Å². The molecule has 2 aromatic heterocycles. The average Bonchev–Trinajstić information content (AvgIpc) is 3.60. The predicted molar refractivity (Wildman–Crippen MR) is 190 cm³/mol. The molecule has 2 fully saturated rings. The summed E-state index contributed by atoms with van der Waals surface area (Å²) < 4.78 is 24.0. The van der Waals surface area contributed by atoms with Gasteiger partial charge in [-0.25, -0.2) is 9.18 Å². The molecule has 50 heavy (non-hydrogen) atoms. The predicted octanol–water partition coefficient (Wildman–Crippen LogP) is 8.01. The van der Waals surface area contributed by atoms with Crippen molar-refractivity contribution in [3.8, 4) is 22.6 Å². The number of benzene rings is 3. The van der Waals surface area contributed by atoms with Crippen molar-refractivity contribution in [1.82, 2.24) is 19.7 Å². The van der Waals surface area contributed by atoms with Gasteiger partial charge in [-0.1, -0.05) is 24.3 Å². The Hall–Kier alpha value is -5.12. The van der Waals surface area contributed by atoms with E-state index in [9.17, 15) is 19.5 Å². The molecule has 1 saturated carbocycles. The highest BCUT2D eigenvalue weighted by molar-refractivity contribution is 6.01. The van der Waals surface area contributed by atoms with E-state index in [1.165, 1.54) is 22.6 Å². The van der Waals surface area contributed by atoms with E-state index in [1.807, 2.05) is 25.1 Å². The quantitative estimate of drug-likeness (QED) is 0.190. The van der Waals surface area contributed by atoms with Crippen LogP contribution in [0.5, 0.6) is 0 Å². The lowest BCUT2D eigenvalue weighted by atomic mass is 9.96. The molecule has 2 aliphatic heterocycles. The van der Waals surface area contributed by atoms with Gasteiger partial charge in [-0.05, 0) is 99.5 Å². The Kier molecular flexibility index (Phi) is 7.54. The number of rotatable bonds is 6. The van der Waals surface area contributed by atoms with E-state index in [-0.39, 0.29) is 31.3 Å². The minimum atomic E-state index is -1.33. The number of furan rings is 1. The molecule has 0 radical (unpaired) electrons. The molecule has 1 saturated heterocycles. The van der Waals surface area contributed by atoms with Crippen LogP contribution in [0.2, 0.25) is 0 Å². The van der Waals surface area contributed by atoms with Gasteiger partial charge in [0.15, 0.2) is 5.76 Å². The highest BCUT2D eigenvalue weighted by atomic mass is 19.1. The molecule has 0 unspecified atom stereocenters. The second kappa shape index (κ2) is 11.7. The van der Waals surface area contributed by atoms with Gasteiger partial charge in [0, 0.05) is 64.6 Å². The first-order valence-corrected chi connectivity index (χ1v) is 17.4. The number of nitrogens with one attached hydrogen (secondary N) is 1. The summed E-state index contributed by atoms with van der Waals surface area (Å²) in [4.78, 5) is 40.7. The number of nitrogens with zero attached hydrogens (tertiary/aromatic N) is 3. The molecule has 4 heterocycles. The summed E-state index contributed by atoms with van der Waals surface area (Å²) in [5.41, 5.74) is 7.14. The lowest BCUT2D eigenvalue weighted by Gasteiger charge is -2.45. The van der Waals surface area contributed by atoms with Crippen molar-refractivity contribution in [2.75, 3.05) is 13.1 Å². The zero-order chi connectivity index (χ0) is 35.1. The minimum Gasteiger partial charge on any atom is -0.465 e. The molecule has 3 amide bonds. The first-order chi connectivity index (χ1) is 23.9. The first kappa shape index (κ1) is 32.1. The number of fused-ring (bicyclic) bond motifs is 3. The number of amides is 3. The van der Waals surface area contributed by atoms with Crippen molar-refractivity contribution in [2.45, 2.75) is 77.8 Å². The van der Waals surface area contributed by atoms with E-state index < -0.39 is 23.8 Å². The van der Waals surface area contributed by atoms with Gasteiger partial charge in [0.2, 0.25) is 0 Å². The van der Waals surface area contributed by atoms with Crippen LogP contribution in [0.3, 0.4) is 0 Å². The third-order valence-corrected chi connectivity index (χ3v) is 10.5. The maximum Gasteiger partial charge on any atom is 0.408 e. The Balaban J connectivity index is 1.13. The Labute approximate surface area is 289 Å². The molecule has 8 rings (SSSR count). The SMILES string of the molecule is Cc1c(-c2cc3ccc(-c4ccc5c(c4)CNC5=O)cc3n2CC2CC2)oc2cc(C(=O)N3C[C@H](F)C[C@@H](N(C(=O)O)C(C)(C)C)C3)ccc12. The fourth-order valence-corrected chi connectivity index (χ4v) is 7.93. The van der Waals surface area contributed by atoms with Crippen LogP contribution in [0.15, 0.2) is 65.1 Å². The van der Waals surface area contributed by atoms with Crippen LogP contribution in [0.1, 0.15) is 71.9 Å². The minimum absolute atomic E-state index is 0.0284. The molecule has 2 atom stereocenters. The van der Waals surface area contributed by atoms with E-state index in [0.717, 1.165) is 62.1 Å². The molecule has 258 valence electrons. The lowest BCUT2D eigenvalue weighted by molar-refractivity contribution is 0.0126. The monoisotopic (exact) mass is 676 g/mol. The Morgan fingerprint density at radius 2 is 1.78 bits per heavy atom. The Morgan fingerprint density at radius 3 is 2.52 bits per heavy atom. The number of halogens is 1. The summed E-state index contributed by atoms with van der Waals surface area (Å²) in [5.74, 6) is 0.965. The summed E-state index contributed by atoms with van der Waals surface area (Å²) >= 11 is 0. The summed E-state index contributed by atoms with van der Waals surface area (Å²) in [6.45, 7) is 8.80. The number of carbonyl (C=O) groups is 3. The van der Waals surface area contributed by atoms with Gasteiger partial charge in [-0.3, -0.25) is 14.5 Å². The second-order valence-electron chi connectivity index (χ2n) is 15.2. The first-order valence-electron chi connectivity index (χ1n) is 17.4. The number of alkyl halides is 1. The zero-order valence-electron chi connectivity index (χ0n) is 28.8. The number of carboxylic acid groups (broad SMARTS) is 1. The lowest BCUT2D eigenvalue weighted by Crippen LogP contribution is -2.59. The van der Waals surface area contributed by atoms with Crippen LogP contribution in [0.4, 0.5) is 9.18 Å². The van der Waals surface area contributed by atoms with Crippen molar-refractivity contribution in [1.29, 1.82) is 0 Å².